The molecule has 0 radical (unpaired) electrons. The lowest BCUT2D eigenvalue weighted by Crippen LogP contribution is -2.30. The summed E-state index contributed by atoms with van der Waals surface area (Å²) in [6.07, 6.45) is 1.61. The number of ether oxygens (including phenoxy) is 1. The molecule has 0 amide bonds. The first kappa shape index (κ1) is 12.8. The molecule has 18 heavy (non-hydrogen) atoms. The normalized spacial score (nSPS) is 21.1. The third kappa shape index (κ3) is 2.06. The minimum Gasteiger partial charge on any atom is -0.469 e. The molecule has 1 aliphatic rings. The number of sulfonamides is 1. The summed E-state index contributed by atoms with van der Waals surface area (Å²) in [5.41, 5.74) is 5.50. The topological polar surface area (TPSA) is 118 Å². The summed E-state index contributed by atoms with van der Waals surface area (Å²) in [4.78, 5) is 11.3. The fourth-order valence-corrected chi connectivity index (χ4v) is 3.44. The van der Waals surface area contributed by atoms with Gasteiger partial charge < -0.3 is 10.5 Å². The number of carbonyl (C=O) groups excluding carboxylic acids is 1. The minimum atomic E-state index is -3.69. The zero-order valence-corrected chi connectivity index (χ0v) is 10.6. The number of H-pyrrole nitrogens is 1. The second-order valence-electron chi connectivity index (χ2n) is 4.02. The molecule has 2 rings (SSSR count). The summed E-state index contributed by atoms with van der Waals surface area (Å²) in [6.45, 7) is 0.381. The molecule has 100 valence electrons. The van der Waals surface area contributed by atoms with Gasteiger partial charge in [-0.25, -0.2) is 8.42 Å². The number of nitrogens with one attached hydrogen (secondary N) is 1. The molecular formula is C9H14N4O4S. The molecule has 0 bridgehead atoms. The van der Waals surface area contributed by atoms with Crippen molar-refractivity contribution in [1.29, 1.82) is 0 Å². The van der Waals surface area contributed by atoms with E-state index >= 15 is 0 Å². The van der Waals surface area contributed by atoms with Gasteiger partial charge in [0, 0.05) is 13.1 Å². The van der Waals surface area contributed by atoms with Gasteiger partial charge in [-0.15, -0.1) is 0 Å². The largest absolute Gasteiger partial charge is 0.469 e. The Morgan fingerprint density at radius 2 is 2.39 bits per heavy atom. The predicted molar refractivity (Wildman–Crippen MR) is 61.9 cm³/mol. The summed E-state index contributed by atoms with van der Waals surface area (Å²) in [7, 11) is -2.41. The summed E-state index contributed by atoms with van der Waals surface area (Å²) in [6, 6.07) is 0. The lowest BCUT2D eigenvalue weighted by atomic mass is 10.1. The average Bonchev–Trinajstić information content (AvgIpc) is 2.96. The van der Waals surface area contributed by atoms with Crippen molar-refractivity contribution in [2.24, 2.45) is 5.92 Å². The van der Waals surface area contributed by atoms with E-state index in [9.17, 15) is 13.2 Å². The highest BCUT2D eigenvalue weighted by Gasteiger charge is 2.37. The number of aromatic amines is 1. The summed E-state index contributed by atoms with van der Waals surface area (Å²) < 4.78 is 30.2. The van der Waals surface area contributed by atoms with Crippen LogP contribution in [0.4, 0.5) is 5.82 Å². The van der Waals surface area contributed by atoms with Crippen molar-refractivity contribution < 1.29 is 17.9 Å². The van der Waals surface area contributed by atoms with E-state index in [-0.39, 0.29) is 23.8 Å². The van der Waals surface area contributed by atoms with Gasteiger partial charge in [-0.05, 0) is 6.42 Å². The molecular weight excluding hydrogens is 260 g/mol. The standard InChI is InChI=1S/C9H14N4O4S/c1-17-9(14)6-2-3-13(5-6)18(15,16)7-4-11-12-8(7)10/h4,6H,2-3,5H2,1H3,(H3,10,11,12). The lowest BCUT2D eigenvalue weighted by Gasteiger charge is -2.15. The number of nitrogen functional groups attached to an aromatic ring is 1. The Bertz CT molecular complexity index is 553. The van der Waals surface area contributed by atoms with Gasteiger partial charge in [-0.3, -0.25) is 9.89 Å². The molecule has 1 atom stereocenters. The van der Waals surface area contributed by atoms with Gasteiger partial charge in [0.1, 0.15) is 10.7 Å². The zero-order chi connectivity index (χ0) is 13.3. The van der Waals surface area contributed by atoms with Crippen LogP contribution < -0.4 is 5.73 Å². The Morgan fingerprint density at radius 1 is 1.67 bits per heavy atom. The number of methoxy groups -OCH3 is 1. The average molecular weight is 274 g/mol. The van der Waals surface area contributed by atoms with Crippen molar-refractivity contribution >= 4 is 21.8 Å². The summed E-state index contributed by atoms with van der Waals surface area (Å²) in [5.74, 6) is -0.817. The van der Waals surface area contributed by atoms with Crippen LogP contribution in [0.2, 0.25) is 0 Å². The maximum atomic E-state index is 12.2. The number of carbonyl (C=O) groups is 1. The molecule has 1 unspecified atom stereocenters. The molecule has 1 saturated heterocycles. The van der Waals surface area contributed by atoms with Crippen molar-refractivity contribution in [3.05, 3.63) is 6.20 Å². The van der Waals surface area contributed by atoms with Gasteiger partial charge in [0.2, 0.25) is 10.0 Å². The van der Waals surface area contributed by atoms with E-state index in [1.54, 1.807) is 0 Å². The molecule has 0 spiro atoms. The zero-order valence-electron chi connectivity index (χ0n) is 9.79. The van der Waals surface area contributed by atoms with Gasteiger partial charge in [0.25, 0.3) is 0 Å². The van der Waals surface area contributed by atoms with Crippen LogP contribution in [0, 0.1) is 5.92 Å². The molecule has 1 aromatic heterocycles. The molecule has 9 heteroatoms. The molecule has 1 aromatic rings. The van der Waals surface area contributed by atoms with E-state index in [2.05, 4.69) is 14.9 Å². The van der Waals surface area contributed by atoms with Crippen LogP contribution in [0.15, 0.2) is 11.1 Å². The van der Waals surface area contributed by atoms with Gasteiger partial charge in [0.15, 0.2) is 0 Å². The van der Waals surface area contributed by atoms with Crippen LogP contribution in [-0.4, -0.2) is 49.1 Å². The Morgan fingerprint density at radius 3 is 2.94 bits per heavy atom. The highest BCUT2D eigenvalue weighted by atomic mass is 32.2. The first-order chi connectivity index (χ1) is 8.46. The van der Waals surface area contributed by atoms with E-state index in [1.165, 1.54) is 11.4 Å². The van der Waals surface area contributed by atoms with Crippen molar-refractivity contribution in [3.8, 4) is 0 Å². The van der Waals surface area contributed by atoms with Crippen molar-refractivity contribution in [1.82, 2.24) is 14.5 Å². The molecule has 1 aliphatic heterocycles. The summed E-state index contributed by atoms with van der Waals surface area (Å²) >= 11 is 0. The summed E-state index contributed by atoms with van der Waals surface area (Å²) in [5, 5.41) is 5.96. The SMILES string of the molecule is COC(=O)C1CCN(S(=O)(=O)c2cn[nH]c2N)C1. The lowest BCUT2D eigenvalue weighted by molar-refractivity contribution is -0.144. The fraction of sp³-hybridized carbons (Fsp3) is 0.556. The molecule has 1 fully saturated rings. The predicted octanol–water partition coefficient (Wildman–Crippen LogP) is -0.824. The van der Waals surface area contributed by atoms with Crippen LogP contribution in [0.3, 0.4) is 0 Å². The maximum Gasteiger partial charge on any atom is 0.310 e. The van der Waals surface area contributed by atoms with Gasteiger partial charge >= 0.3 is 5.97 Å². The number of aromatic nitrogens is 2. The molecule has 0 saturated carbocycles. The molecule has 3 N–H and O–H groups in total. The molecule has 0 aromatic carbocycles. The van der Waals surface area contributed by atoms with E-state index < -0.39 is 21.9 Å². The minimum absolute atomic E-state index is 0.00322. The van der Waals surface area contributed by atoms with Crippen LogP contribution in [-0.2, 0) is 19.6 Å². The monoisotopic (exact) mass is 274 g/mol. The molecule has 0 aliphatic carbocycles. The Hall–Kier alpha value is -1.61. The smallest absolute Gasteiger partial charge is 0.310 e. The highest BCUT2D eigenvalue weighted by molar-refractivity contribution is 7.89. The third-order valence-electron chi connectivity index (χ3n) is 2.94. The van der Waals surface area contributed by atoms with Crippen molar-refractivity contribution in [2.75, 3.05) is 25.9 Å². The van der Waals surface area contributed by atoms with Crippen LogP contribution in [0.1, 0.15) is 6.42 Å². The number of nitrogens with zero attached hydrogens (tertiary/aromatic N) is 2. The number of rotatable bonds is 3. The molecule has 2 heterocycles. The number of hydrogen-bond donors (Lipinski definition) is 2. The fourth-order valence-electron chi connectivity index (χ4n) is 1.94. The van der Waals surface area contributed by atoms with Crippen molar-refractivity contribution in [3.63, 3.8) is 0 Å². The number of anilines is 1. The first-order valence-electron chi connectivity index (χ1n) is 5.33. The Kier molecular flexibility index (Phi) is 3.26. The van der Waals surface area contributed by atoms with Gasteiger partial charge in [-0.1, -0.05) is 0 Å². The Balaban J connectivity index is 2.19. The van der Waals surface area contributed by atoms with Gasteiger partial charge in [0.05, 0.1) is 19.2 Å². The second-order valence-corrected chi connectivity index (χ2v) is 5.93. The van der Waals surface area contributed by atoms with Crippen LogP contribution >= 0.6 is 0 Å². The quantitative estimate of drug-likeness (QED) is 0.695. The second kappa shape index (κ2) is 4.58. The van der Waals surface area contributed by atoms with E-state index in [0.717, 1.165) is 6.20 Å². The van der Waals surface area contributed by atoms with Crippen LogP contribution in [0.5, 0.6) is 0 Å². The van der Waals surface area contributed by atoms with Crippen LogP contribution in [0.25, 0.3) is 0 Å². The number of hydrogen-bond acceptors (Lipinski definition) is 6. The van der Waals surface area contributed by atoms with E-state index in [0.29, 0.717) is 6.42 Å². The van der Waals surface area contributed by atoms with E-state index in [4.69, 9.17) is 5.73 Å². The maximum absolute atomic E-state index is 12.2. The highest BCUT2D eigenvalue weighted by Crippen LogP contribution is 2.26. The number of nitrogens with two attached hydrogens (primary N) is 1. The first-order valence-corrected chi connectivity index (χ1v) is 6.77. The molecule has 8 nitrogen and oxygen atoms in total. The Labute approximate surface area is 104 Å². The van der Waals surface area contributed by atoms with Crippen molar-refractivity contribution in [2.45, 2.75) is 11.3 Å². The number of esters is 1. The van der Waals surface area contributed by atoms with Gasteiger partial charge in [-0.2, -0.15) is 9.40 Å². The third-order valence-corrected chi connectivity index (χ3v) is 4.83. The van der Waals surface area contributed by atoms with E-state index in [1.807, 2.05) is 0 Å².